The third-order valence-corrected chi connectivity index (χ3v) is 4.70. The fourth-order valence-electron chi connectivity index (χ4n) is 2.31. The maximum atomic E-state index is 12.4. The lowest BCUT2D eigenvalue weighted by atomic mass is 9.94. The Bertz CT molecular complexity index is 746. The summed E-state index contributed by atoms with van der Waals surface area (Å²) in [5.41, 5.74) is 0.730. The molecule has 1 aromatic carbocycles. The molecule has 0 bridgehead atoms. The normalized spacial score (nSPS) is 17.6. The van der Waals surface area contributed by atoms with Crippen molar-refractivity contribution >= 4 is 43.9 Å². The number of esters is 1. The number of halogens is 2. The molecule has 1 atom stereocenters. The van der Waals surface area contributed by atoms with Crippen LogP contribution < -0.4 is 10.6 Å². The Labute approximate surface area is 155 Å². The Morgan fingerprint density at radius 2 is 1.92 bits per heavy atom. The van der Waals surface area contributed by atoms with Gasteiger partial charge >= 0.3 is 12.0 Å². The van der Waals surface area contributed by atoms with E-state index in [1.54, 1.807) is 20.8 Å². The molecule has 0 aliphatic carbocycles. The van der Waals surface area contributed by atoms with Crippen molar-refractivity contribution in [3.05, 3.63) is 31.8 Å². The molecule has 0 radical (unpaired) electrons. The lowest BCUT2D eigenvalue weighted by Gasteiger charge is -2.29. The molecule has 7 nitrogen and oxygen atoms in total. The summed E-state index contributed by atoms with van der Waals surface area (Å²) in [6.45, 7) is 5.00. The molecule has 1 heterocycles. The largest absolute Gasteiger partial charge is 0.506 e. The first kappa shape index (κ1) is 18.6. The minimum absolute atomic E-state index is 0.0499. The average Bonchev–Trinajstić information content (AvgIpc) is 2.47. The molecule has 130 valence electrons. The van der Waals surface area contributed by atoms with E-state index in [1.807, 2.05) is 0 Å². The van der Waals surface area contributed by atoms with E-state index in [4.69, 9.17) is 4.74 Å². The molecular formula is C15H16Br2N2O5. The van der Waals surface area contributed by atoms with Gasteiger partial charge in [0.1, 0.15) is 16.0 Å². The topological polar surface area (TPSA) is 108 Å². The first-order valence-electron chi connectivity index (χ1n) is 7.02. The number of ether oxygens (including phenoxy) is 1. The summed E-state index contributed by atoms with van der Waals surface area (Å²) in [5.74, 6) is -1.09. The fourth-order valence-corrected chi connectivity index (χ4v) is 3.47. The first-order valence-corrected chi connectivity index (χ1v) is 8.61. The molecule has 1 aromatic rings. The lowest BCUT2D eigenvalue weighted by molar-refractivity contribution is -0.143. The Morgan fingerprint density at radius 1 is 1.29 bits per heavy atom. The van der Waals surface area contributed by atoms with Gasteiger partial charge in [-0.3, -0.25) is 0 Å². The molecule has 4 N–H and O–H groups in total. The highest BCUT2D eigenvalue weighted by Crippen LogP contribution is 2.45. The minimum atomic E-state index is -0.932. The van der Waals surface area contributed by atoms with Gasteiger partial charge in [0.25, 0.3) is 0 Å². The van der Waals surface area contributed by atoms with E-state index in [1.165, 1.54) is 6.07 Å². The van der Waals surface area contributed by atoms with Crippen LogP contribution in [0.15, 0.2) is 26.3 Å². The summed E-state index contributed by atoms with van der Waals surface area (Å²) in [6, 6.07) is -0.0155. The number of nitrogens with one attached hydrogen (secondary N) is 2. The van der Waals surface area contributed by atoms with Gasteiger partial charge in [-0.25, -0.2) is 9.59 Å². The van der Waals surface area contributed by atoms with E-state index < -0.39 is 18.0 Å². The van der Waals surface area contributed by atoms with Gasteiger partial charge in [0.15, 0.2) is 0 Å². The van der Waals surface area contributed by atoms with E-state index >= 15 is 0 Å². The number of carbonyl (C=O) groups excluding carboxylic acids is 2. The van der Waals surface area contributed by atoms with Crippen LogP contribution in [0.2, 0.25) is 0 Å². The summed E-state index contributed by atoms with van der Waals surface area (Å²) in [7, 11) is 0. The summed E-state index contributed by atoms with van der Waals surface area (Å²) in [5, 5.41) is 25.3. The Hall–Kier alpha value is -1.74. The quantitative estimate of drug-likeness (QED) is 0.515. The van der Waals surface area contributed by atoms with Crippen LogP contribution >= 0.6 is 31.9 Å². The van der Waals surface area contributed by atoms with E-state index in [9.17, 15) is 19.8 Å². The van der Waals surface area contributed by atoms with Crippen molar-refractivity contribution in [2.45, 2.75) is 32.9 Å². The summed E-state index contributed by atoms with van der Waals surface area (Å²) in [4.78, 5) is 24.3. The van der Waals surface area contributed by atoms with Gasteiger partial charge in [-0.15, -0.1) is 0 Å². The zero-order valence-electron chi connectivity index (χ0n) is 13.1. The van der Waals surface area contributed by atoms with Crippen LogP contribution in [-0.4, -0.2) is 28.3 Å². The standard InChI is InChI=1S/C15H16Br2N2O5/c1-5(2)24-14(22)9-6(3)18-15(23)19-11(9)7-4-8(16)13(21)10(17)12(7)20/h4-5,11,20-21H,1-3H3,(H2,18,19,23). The number of rotatable bonds is 3. The SMILES string of the molecule is CC1=C(C(=O)OC(C)C)C(c2cc(Br)c(O)c(Br)c2O)NC(=O)N1. The zero-order chi connectivity index (χ0) is 18.2. The van der Waals surface area contributed by atoms with Crippen LogP contribution in [-0.2, 0) is 9.53 Å². The summed E-state index contributed by atoms with van der Waals surface area (Å²) >= 11 is 6.26. The van der Waals surface area contributed by atoms with Crippen molar-refractivity contribution in [2.24, 2.45) is 0 Å². The maximum Gasteiger partial charge on any atom is 0.338 e. The van der Waals surface area contributed by atoms with Gasteiger partial charge in [0.2, 0.25) is 0 Å². The number of aromatic hydroxyl groups is 2. The molecule has 2 amide bonds. The second-order valence-electron chi connectivity index (χ2n) is 5.48. The number of phenolic OH excluding ortho intramolecular Hbond substituents is 2. The van der Waals surface area contributed by atoms with Gasteiger partial charge in [0, 0.05) is 11.3 Å². The van der Waals surface area contributed by atoms with E-state index in [2.05, 4.69) is 42.5 Å². The molecule has 1 unspecified atom stereocenters. The Kier molecular flexibility index (Phi) is 5.44. The summed E-state index contributed by atoms with van der Waals surface area (Å²) < 4.78 is 5.57. The van der Waals surface area contributed by atoms with Crippen molar-refractivity contribution < 1.29 is 24.5 Å². The number of benzene rings is 1. The van der Waals surface area contributed by atoms with Crippen molar-refractivity contribution in [3.8, 4) is 11.5 Å². The number of carbonyl (C=O) groups is 2. The molecule has 2 rings (SSSR count). The highest BCUT2D eigenvalue weighted by atomic mass is 79.9. The van der Waals surface area contributed by atoms with Crippen molar-refractivity contribution in [1.29, 1.82) is 0 Å². The number of hydrogen-bond acceptors (Lipinski definition) is 5. The second kappa shape index (κ2) is 7.02. The highest BCUT2D eigenvalue weighted by Gasteiger charge is 2.35. The van der Waals surface area contributed by atoms with Crippen LogP contribution in [0.25, 0.3) is 0 Å². The molecule has 0 saturated heterocycles. The van der Waals surface area contributed by atoms with E-state index in [-0.39, 0.29) is 33.2 Å². The summed E-state index contributed by atoms with van der Waals surface area (Å²) in [6.07, 6.45) is -0.344. The fraction of sp³-hybridized carbons (Fsp3) is 0.333. The zero-order valence-corrected chi connectivity index (χ0v) is 16.3. The number of phenols is 2. The van der Waals surface area contributed by atoms with Crippen molar-refractivity contribution in [1.82, 2.24) is 10.6 Å². The van der Waals surface area contributed by atoms with Gasteiger partial charge in [0.05, 0.1) is 22.2 Å². The number of urea groups is 1. The third kappa shape index (κ3) is 3.51. The molecule has 0 spiro atoms. The van der Waals surface area contributed by atoms with Crippen molar-refractivity contribution in [3.63, 3.8) is 0 Å². The van der Waals surface area contributed by atoms with Crippen LogP contribution in [0.4, 0.5) is 4.79 Å². The molecule has 0 aromatic heterocycles. The molecule has 9 heteroatoms. The van der Waals surface area contributed by atoms with E-state index in [0.717, 1.165) is 0 Å². The number of amides is 2. The second-order valence-corrected chi connectivity index (χ2v) is 7.13. The van der Waals surface area contributed by atoms with E-state index in [0.29, 0.717) is 10.2 Å². The smallest absolute Gasteiger partial charge is 0.338 e. The lowest BCUT2D eigenvalue weighted by Crippen LogP contribution is -2.45. The molecular weight excluding hydrogens is 448 g/mol. The molecule has 1 aliphatic rings. The monoisotopic (exact) mass is 462 g/mol. The Morgan fingerprint density at radius 3 is 2.50 bits per heavy atom. The predicted molar refractivity (Wildman–Crippen MR) is 93.5 cm³/mol. The average molecular weight is 464 g/mol. The van der Waals surface area contributed by atoms with Gasteiger partial charge < -0.3 is 25.6 Å². The first-order chi connectivity index (χ1) is 11.1. The van der Waals surface area contributed by atoms with Gasteiger partial charge in [-0.1, -0.05) is 0 Å². The molecule has 1 aliphatic heterocycles. The van der Waals surface area contributed by atoms with Gasteiger partial charge in [-0.05, 0) is 58.7 Å². The third-order valence-electron chi connectivity index (χ3n) is 3.34. The molecule has 0 saturated carbocycles. The van der Waals surface area contributed by atoms with Crippen LogP contribution in [0.3, 0.4) is 0 Å². The number of allylic oxidation sites excluding steroid dienone is 1. The predicted octanol–water partition coefficient (Wildman–Crippen LogP) is 3.20. The minimum Gasteiger partial charge on any atom is -0.506 e. The van der Waals surface area contributed by atoms with Crippen LogP contribution in [0, 0.1) is 0 Å². The van der Waals surface area contributed by atoms with Crippen LogP contribution in [0.5, 0.6) is 11.5 Å². The highest BCUT2D eigenvalue weighted by molar-refractivity contribution is 9.11. The van der Waals surface area contributed by atoms with Crippen LogP contribution in [0.1, 0.15) is 32.4 Å². The number of hydrogen-bond donors (Lipinski definition) is 4. The molecule has 24 heavy (non-hydrogen) atoms. The maximum absolute atomic E-state index is 12.4. The molecule has 0 fully saturated rings. The van der Waals surface area contributed by atoms with Gasteiger partial charge in [-0.2, -0.15) is 0 Å². The van der Waals surface area contributed by atoms with Crippen molar-refractivity contribution in [2.75, 3.05) is 0 Å². The Balaban J connectivity index is 2.60.